The molecule has 2 aromatic carbocycles. The molecule has 0 saturated carbocycles. The van der Waals surface area contributed by atoms with E-state index >= 15 is 0 Å². The maximum absolute atomic E-state index is 12.8. The fraction of sp³-hybridized carbons (Fsp3) is 0.300. The van der Waals surface area contributed by atoms with Crippen LogP contribution >= 0.6 is 15.9 Å². The fourth-order valence-electron chi connectivity index (χ4n) is 3.06. The lowest BCUT2D eigenvalue weighted by Gasteiger charge is -2.16. The number of hydrogen-bond donors (Lipinski definition) is 3. The molecular weight excluding hydrogens is 424 g/mol. The minimum atomic E-state index is -0.411. The van der Waals surface area contributed by atoms with Crippen LogP contribution in [-0.4, -0.2) is 44.0 Å². The van der Waals surface area contributed by atoms with Crippen LogP contribution in [0.2, 0.25) is 0 Å². The highest BCUT2D eigenvalue weighted by molar-refractivity contribution is 9.10. The molecule has 1 aliphatic heterocycles. The fourth-order valence-corrected chi connectivity index (χ4v) is 3.32. The molecule has 0 radical (unpaired) electrons. The minimum absolute atomic E-state index is 0.0346. The van der Waals surface area contributed by atoms with Gasteiger partial charge in [0.25, 0.3) is 5.91 Å². The van der Waals surface area contributed by atoms with Crippen LogP contribution in [0.15, 0.2) is 46.9 Å². The number of halogens is 1. The van der Waals surface area contributed by atoms with E-state index in [0.29, 0.717) is 23.4 Å². The van der Waals surface area contributed by atoms with E-state index in [1.54, 1.807) is 32.3 Å². The quantitative estimate of drug-likeness (QED) is 0.657. The van der Waals surface area contributed by atoms with Crippen molar-refractivity contribution in [2.24, 2.45) is 0 Å². The molecule has 1 saturated heterocycles. The van der Waals surface area contributed by atoms with Gasteiger partial charge in [0.2, 0.25) is 5.91 Å². The molecule has 2 unspecified atom stereocenters. The number of anilines is 1. The summed E-state index contributed by atoms with van der Waals surface area (Å²) in [5.74, 6) is 0.160. The standard InChI is InChI=1S/C20H23BrN4O3/c1-25(2)20(27)13-6-9-18(28-3)16(10-13)22-19(26)17-11-15(23-24-17)12-4-7-14(21)8-5-12/h4-10,15,17,23-24H,11H2,1-3H3,(H,22,26). The van der Waals surface area contributed by atoms with Gasteiger partial charge in [-0.15, -0.1) is 0 Å². The zero-order chi connectivity index (χ0) is 20.3. The van der Waals surface area contributed by atoms with Crippen molar-refractivity contribution >= 4 is 33.4 Å². The average Bonchev–Trinajstić information content (AvgIpc) is 3.18. The molecule has 1 fully saturated rings. The Balaban J connectivity index is 1.71. The Morgan fingerprint density at radius 2 is 1.86 bits per heavy atom. The van der Waals surface area contributed by atoms with Crippen LogP contribution in [0.5, 0.6) is 5.75 Å². The van der Waals surface area contributed by atoms with E-state index in [9.17, 15) is 9.59 Å². The molecule has 8 heteroatoms. The molecule has 148 valence electrons. The van der Waals surface area contributed by atoms with Crippen molar-refractivity contribution < 1.29 is 14.3 Å². The second-order valence-corrected chi connectivity index (χ2v) is 7.70. The largest absolute Gasteiger partial charge is 0.495 e. The first-order chi connectivity index (χ1) is 13.4. The molecule has 1 heterocycles. The number of nitrogens with zero attached hydrogens (tertiary/aromatic N) is 1. The molecule has 0 aromatic heterocycles. The number of carbonyl (C=O) groups excluding carboxylic acids is 2. The Labute approximate surface area is 172 Å². The van der Waals surface area contributed by atoms with Gasteiger partial charge in [-0.05, 0) is 42.3 Å². The Bertz CT molecular complexity index is 870. The molecular formula is C20H23BrN4O3. The summed E-state index contributed by atoms with van der Waals surface area (Å²) in [6.45, 7) is 0. The second kappa shape index (κ2) is 8.72. The Morgan fingerprint density at radius 3 is 2.50 bits per heavy atom. The van der Waals surface area contributed by atoms with Gasteiger partial charge in [0.1, 0.15) is 11.8 Å². The molecule has 0 aliphatic carbocycles. The van der Waals surface area contributed by atoms with E-state index in [-0.39, 0.29) is 17.9 Å². The summed E-state index contributed by atoms with van der Waals surface area (Å²) in [6, 6.07) is 12.6. The predicted molar refractivity (Wildman–Crippen MR) is 111 cm³/mol. The van der Waals surface area contributed by atoms with E-state index < -0.39 is 6.04 Å². The van der Waals surface area contributed by atoms with Gasteiger partial charge in [-0.25, -0.2) is 10.9 Å². The second-order valence-electron chi connectivity index (χ2n) is 6.78. The van der Waals surface area contributed by atoms with Crippen molar-refractivity contribution in [3.8, 4) is 5.75 Å². The molecule has 3 N–H and O–H groups in total. The first-order valence-corrected chi connectivity index (χ1v) is 9.65. The number of nitrogens with one attached hydrogen (secondary N) is 3. The van der Waals surface area contributed by atoms with E-state index in [2.05, 4.69) is 32.1 Å². The topological polar surface area (TPSA) is 82.7 Å². The number of ether oxygens (including phenoxy) is 1. The smallest absolute Gasteiger partial charge is 0.253 e. The van der Waals surface area contributed by atoms with E-state index in [0.717, 1.165) is 10.0 Å². The Hall–Kier alpha value is -2.42. The van der Waals surface area contributed by atoms with Gasteiger partial charge in [0, 0.05) is 30.2 Å². The summed E-state index contributed by atoms with van der Waals surface area (Å²) in [5.41, 5.74) is 8.25. The molecule has 2 aromatic rings. The third kappa shape index (κ3) is 4.52. The first-order valence-electron chi connectivity index (χ1n) is 8.86. The molecule has 1 aliphatic rings. The Morgan fingerprint density at radius 1 is 1.14 bits per heavy atom. The van der Waals surface area contributed by atoms with Gasteiger partial charge in [0.05, 0.1) is 12.8 Å². The zero-order valence-corrected chi connectivity index (χ0v) is 17.5. The average molecular weight is 447 g/mol. The van der Waals surface area contributed by atoms with Gasteiger partial charge in [0.15, 0.2) is 0 Å². The minimum Gasteiger partial charge on any atom is -0.495 e. The maximum atomic E-state index is 12.8. The zero-order valence-electron chi connectivity index (χ0n) is 16.0. The summed E-state index contributed by atoms with van der Waals surface area (Å²) in [4.78, 5) is 26.5. The van der Waals surface area contributed by atoms with Crippen molar-refractivity contribution in [2.75, 3.05) is 26.5 Å². The van der Waals surface area contributed by atoms with Crippen LogP contribution < -0.4 is 20.9 Å². The molecule has 3 rings (SSSR count). The van der Waals surface area contributed by atoms with Crippen molar-refractivity contribution in [3.05, 3.63) is 58.1 Å². The maximum Gasteiger partial charge on any atom is 0.253 e. The van der Waals surface area contributed by atoms with Crippen LogP contribution in [0.3, 0.4) is 0 Å². The van der Waals surface area contributed by atoms with E-state index in [4.69, 9.17) is 4.74 Å². The number of rotatable bonds is 5. The van der Waals surface area contributed by atoms with Gasteiger partial charge >= 0.3 is 0 Å². The predicted octanol–water partition coefficient (Wildman–Crippen LogP) is 2.71. The summed E-state index contributed by atoms with van der Waals surface area (Å²) >= 11 is 3.43. The van der Waals surface area contributed by atoms with Crippen LogP contribution in [0.1, 0.15) is 28.4 Å². The summed E-state index contributed by atoms with van der Waals surface area (Å²) in [6.07, 6.45) is 0.603. The lowest BCUT2D eigenvalue weighted by Crippen LogP contribution is -2.39. The lowest BCUT2D eigenvalue weighted by molar-refractivity contribution is -0.117. The Kier molecular flexibility index (Phi) is 6.33. The molecule has 7 nitrogen and oxygen atoms in total. The van der Waals surface area contributed by atoms with Gasteiger partial charge < -0.3 is 15.0 Å². The molecule has 28 heavy (non-hydrogen) atoms. The molecule has 2 atom stereocenters. The van der Waals surface area contributed by atoms with Crippen LogP contribution in [0.4, 0.5) is 5.69 Å². The van der Waals surface area contributed by atoms with Crippen molar-refractivity contribution in [3.63, 3.8) is 0 Å². The summed E-state index contributed by atoms with van der Waals surface area (Å²) < 4.78 is 6.34. The third-order valence-electron chi connectivity index (χ3n) is 4.60. The number of methoxy groups -OCH3 is 1. The highest BCUT2D eigenvalue weighted by atomic mass is 79.9. The normalized spacial score (nSPS) is 18.6. The lowest BCUT2D eigenvalue weighted by atomic mass is 10.0. The monoisotopic (exact) mass is 446 g/mol. The summed E-state index contributed by atoms with van der Waals surface area (Å²) in [5, 5.41) is 2.87. The molecule has 0 bridgehead atoms. The van der Waals surface area contributed by atoms with Crippen LogP contribution in [-0.2, 0) is 4.79 Å². The van der Waals surface area contributed by atoms with Gasteiger partial charge in [-0.1, -0.05) is 28.1 Å². The third-order valence-corrected chi connectivity index (χ3v) is 5.13. The number of hydrogen-bond acceptors (Lipinski definition) is 5. The number of amides is 2. The molecule has 2 amide bonds. The number of benzene rings is 2. The highest BCUT2D eigenvalue weighted by Crippen LogP contribution is 2.28. The SMILES string of the molecule is COc1ccc(C(=O)N(C)C)cc1NC(=O)C1CC(c2ccc(Br)cc2)NN1. The first kappa shape index (κ1) is 20.3. The van der Waals surface area contributed by atoms with Crippen molar-refractivity contribution in [1.29, 1.82) is 0 Å². The van der Waals surface area contributed by atoms with E-state index in [1.807, 2.05) is 24.3 Å². The van der Waals surface area contributed by atoms with Gasteiger partial charge in [-0.2, -0.15) is 0 Å². The highest BCUT2D eigenvalue weighted by Gasteiger charge is 2.30. The van der Waals surface area contributed by atoms with E-state index in [1.165, 1.54) is 12.0 Å². The molecule has 0 spiro atoms. The number of hydrazine groups is 1. The van der Waals surface area contributed by atoms with Gasteiger partial charge in [-0.3, -0.25) is 9.59 Å². The summed E-state index contributed by atoms with van der Waals surface area (Å²) in [7, 11) is 4.89. The van der Waals surface area contributed by atoms with Crippen LogP contribution in [0, 0.1) is 0 Å². The van der Waals surface area contributed by atoms with Crippen molar-refractivity contribution in [1.82, 2.24) is 15.8 Å². The van der Waals surface area contributed by atoms with Crippen LogP contribution in [0.25, 0.3) is 0 Å². The van der Waals surface area contributed by atoms with Crippen molar-refractivity contribution in [2.45, 2.75) is 18.5 Å². The number of carbonyl (C=O) groups is 2.